The molecule has 2 aromatic rings. The third-order valence-electron chi connectivity index (χ3n) is 4.13. The van der Waals surface area contributed by atoms with Gasteiger partial charge < -0.3 is 11.1 Å². The summed E-state index contributed by atoms with van der Waals surface area (Å²) >= 11 is 0. The first-order valence-electron chi connectivity index (χ1n) is 7.45. The number of H-pyrrole nitrogens is 1. The standard InChI is InChI=1S/C16H19FN4O/c17-13-3-1-2-10(6-13)15-12(9-20-21-15)8-19-16(22)11-4-5-14(18)7-11/h1-3,6,9,11,14H,4-5,7-8,18H2,(H,19,22)(H,20,21)/t11-,14+/m1/s1. The first kappa shape index (κ1) is 14.7. The number of carbonyl (C=O) groups is 1. The van der Waals surface area contributed by atoms with E-state index >= 15 is 0 Å². The molecule has 1 aromatic heterocycles. The highest BCUT2D eigenvalue weighted by Gasteiger charge is 2.27. The van der Waals surface area contributed by atoms with Crippen LogP contribution in [-0.2, 0) is 11.3 Å². The van der Waals surface area contributed by atoms with Crippen molar-refractivity contribution in [3.63, 3.8) is 0 Å². The predicted molar refractivity (Wildman–Crippen MR) is 81.1 cm³/mol. The van der Waals surface area contributed by atoms with Gasteiger partial charge >= 0.3 is 0 Å². The molecule has 0 bridgehead atoms. The Hall–Kier alpha value is -2.21. The van der Waals surface area contributed by atoms with E-state index in [4.69, 9.17) is 5.73 Å². The van der Waals surface area contributed by atoms with E-state index in [-0.39, 0.29) is 23.7 Å². The highest BCUT2D eigenvalue weighted by Crippen LogP contribution is 2.25. The molecule has 4 N–H and O–H groups in total. The Kier molecular flexibility index (Phi) is 4.20. The number of hydrogen-bond acceptors (Lipinski definition) is 3. The number of carbonyl (C=O) groups excluding carboxylic acids is 1. The van der Waals surface area contributed by atoms with Crippen LogP contribution >= 0.6 is 0 Å². The van der Waals surface area contributed by atoms with Crippen molar-refractivity contribution in [1.82, 2.24) is 15.5 Å². The van der Waals surface area contributed by atoms with E-state index in [0.717, 1.165) is 30.5 Å². The van der Waals surface area contributed by atoms with Crippen LogP contribution in [0.25, 0.3) is 11.3 Å². The molecule has 22 heavy (non-hydrogen) atoms. The van der Waals surface area contributed by atoms with Crippen LogP contribution in [0, 0.1) is 11.7 Å². The molecule has 1 aliphatic carbocycles. The topological polar surface area (TPSA) is 83.8 Å². The second kappa shape index (κ2) is 6.27. The zero-order valence-corrected chi connectivity index (χ0v) is 12.2. The summed E-state index contributed by atoms with van der Waals surface area (Å²) in [6.07, 6.45) is 4.14. The lowest BCUT2D eigenvalue weighted by Crippen LogP contribution is -2.30. The monoisotopic (exact) mass is 302 g/mol. The van der Waals surface area contributed by atoms with Crippen molar-refractivity contribution >= 4 is 5.91 Å². The highest BCUT2D eigenvalue weighted by molar-refractivity contribution is 5.79. The summed E-state index contributed by atoms with van der Waals surface area (Å²) in [6.45, 7) is 0.368. The van der Waals surface area contributed by atoms with E-state index in [1.807, 2.05) is 0 Å². The molecular weight excluding hydrogens is 283 g/mol. The van der Waals surface area contributed by atoms with Crippen molar-refractivity contribution in [3.8, 4) is 11.3 Å². The van der Waals surface area contributed by atoms with E-state index in [9.17, 15) is 9.18 Å². The Morgan fingerprint density at radius 1 is 1.45 bits per heavy atom. The molecule has 1 aromatic carbocycles. The number of benzene rings is 1. The summed E-state index contributed by atoms with van der Waals surface area (Å²) in [7, 11) is 0. The molecule has 6 heteroatoms. The van der Waals surface area contributed by atoms with Crippen LogP contribution in [0.2, 0.25) is 0 Å². The number of aromatic nitrogens is 2. The maximum Gasteiger partial charge on any atom is 0.223 e. The minimum absolute atomic E-state index is 0.000444. The van der Waals surface area contributed by atoms with Crippen molar-refractivity contribution in [2.24, 2.45) is 11.7 Å². The normalized spacial score (nSPS) is 21.0. The van der Waals surface area contributed by atoms with Gasteiger partial charge in [0, 0.05) is 29.6 Å². The Labute approximate surface area is 128 Å². The van der Waals surface area contributed by atoms with E-state index in [0.29, 0.717) is 12.1 Å². The van der Waals surface area contributed by atoms with Gasteiger partial charge in [-0.05, 0) is 31.4 Å². The number of hydrogen-bond donors (Lipinski definition) is 3. The lowest BCUT2D eigenvalue weighted by atomic mass is 10.1. The van der Waals surface area contributed by atoms with Crippen LogP contribution in [0.4, 0.5) is 4.39 Å². The molecule has 1 saturated carbocycles. The number of aromatic amines is 1. The number of nitrogens with one attached hydrogen (secondary N) is 2. The van der Waals surface area contributed by atoms with E-state index < -0.39 is 0 Å². The summed E-state index contributed by atoms with van der Waals surface area (Å²) < 4.78 is 13.3. The quantitative estimate of drug-likeness (QED) is 0.807. The zero-order valence-electron chi connectivity index (χ0n) is 12.2. The SMILES string of the molecule is N[C@H]1CC[C@@H](C(=O)NCc2cn[nH]c2-c2cccc(F)c2)C1. The van der Waals surface area contributed by atoms with E-state index in [2.05, 4.69) is 15.5 Å². The van der Waals surface area contributed by atoms with Gasteiger partial charge in [-0.2, -0.15) is 5.10 Å². The highest BCUT2D eigenvalue weighted by atomic mass is 19.1. The molecule has 2 atom stereocenters. The molecule has 0 unspecified atom stereocenters. The molecule has 0 aliphatic heterocycles. The largest absolute Gasteiger partial charge is 0.352 e. The van der Waals surface area contributed by atoms with Gasteiger partial charge in [-0.3, -0.25) is 9.89 Å². The number of halogens is 1. The fraction of sp³-hybridized carbons (Fsp3) is 0.375. The summed E-state index contributed by atoms with van der Waals surface area (Å²) in [5.41, 5.74) is 8.11. The van der Waals surface area contributed by atoms with Crippen LogP contribution in [0.15, 0.2) is 30.5 Å². The lowest BCUT2D eigenvalue weighted by molar-refractivity contribution is -0.125. The molecular formula is C16H19FN4O. The van der Waals surface area contributed by atoms with Gasteiger partial charge in [0.15, 0.2) is 0 Å². The van der Waals surface area contributed by atoms with E-state index in [1.165, 1.54) is 12.1 Å². The van der Waals surface area contributed by atoms with Gasteiger partial charge in [-0.25, -0.2) is 4.39 Å². The molecule has 0 spiro atoms. The summed E-state index contributed by atoms with van der Waals surface area (Å²) in [5.74, 6) is -0.277. The van der Waals surface area contributed by atoms with Gasteiger partial charge in [-0.1, -0.05) is 12.1 Å². The Morgan fingerprint density at radius 3 is 3.05 bits per heavy atom. The third kappa shape index (κ3) is 3.17. The first-order chi connectivity index (χ1) is 10.6. The minimum atomic E-state index is -0.304. The average molecular weight is 302 g/mol. The van der Waals surface area contributed by atoms with Crippen LogP contribution in [-0.4, -0.2) is 22.1 Å². The maximum absolute atomic E-state index is 13.3. The molecule has 5 nitrogen and oxygen atoms in total. The van der Waals surface area contributed by atoms with Crippen LogP contribution in [0.5, 0.6) is 0 Å². The number of amides is 1. The summed E-state index contributed by atoms with van der Waals surface area (Å²) in [4.78, 5) is 12.1. The van der Waals surface area contributed by atoms with Crippen LogP contribution < -0.4 is 11.1 Å². The summed E-state index contributed by atoms with van der Waals surface area (Å²) in [5, 5.41) is 9.78. The Bertz CT molecular complexity index is 670. The Morgan fingerprint density at radius 2 is 2.32 bits per heavy atom. The van der Waals surface area contributed by atoms with Crippen molar-refractivity contribution in [2.45, 2.75) is 31.8 Å². The average Bonchev–Trinajstić information content (AvgIpc) is 3.13. The molecule has 3 rings (SSSR count). The Balaban J connectivity index is 1.67. The molecule has 0 saturated heterocycles. The molecule has 1 fully saturated rings. The van der Waals surface area contributed by atoms with Crippen LogP contribution in [0.3, 0.4) is 0 Å². The molecule has 116 valence electrons. The smallest absolute Gasteiger partial charge is 0.223 e. The van der Waals surface area contributed by atoms with Gasteiger partial charge in [0.05, 0.1) is 11.9 Å². The predicted octanol–water partition coefficient (Wildman–Crippen LogP) is 1.96. The number of nitrogens with zero attached hydrogens (tertiary/aromatic N) is 1. The van der Waals surface area contributed by atoms with Gasteiger partial charge in [0.1, 0.15) is 5.82 Å². The van der Waals surface area contributed by atoms with Crippen molar-refractivity contribution in [2.75, 3.05) is 0 Å². The van der Waals surface area contributed by atoms with Gasteiger partial charge in [0.2, 0.25) is 5.91 Å². The summed E-state index contributed by atoms with van der Waals surface area (Å²) in [6, 6.07) is 6.41. The van der Waals surface area contributed by atoms with Gasteiger partial charge in [0.25, 0.3) is 0 Å². The van der Waals surface area contributed by atoms with Crippen molar-refractivity contribution in [1.29, 1.82) is 0 Å². The van der Waals surface area contributed by atoms with Crippen molar-refractivity contribution < 1.29 is 9.18 Å². The van der Waals surface area contributed by atoms with E-state index in [1.54, 1.807) is 18.3 Å². The second-order valence-electron chi connectivity index (χ2n) is 5.77. The minimum Gasteiger partial charge on any atom is -0.352 e. The number of rotatable bonds is 4. The maximum atomic E-state index is 13.3. The fourth-order valence-corrected chi connectivity index (χ4v) is 2.92. The molecule has 0 radical (unpaired) electrons. The van der Waals surface area contributed by atoms with Crippen LogP contribution in [0.1, 0.15) is 24.8 Å². The van der Waals surface area contributed by atoms with Gasteiger partial charge in [-0.15, -0.1) is 0 Å². The molecule has 1 heterocycles. The lowest BCUT2D eigenvalue weighted by Gasteiger charge is -2.11. The molecule has 1 amide bonds. The number of nitrogens with two attached hydrogens (primary N) is 1. The molecule has 1 aliphatic rings. The second-order valence-corrected chi connectivity index (χ2v) is 5.77. The first-order valence-corrected chi connectivity index (χ1v) is 7.45. The van der Waals surface area contributed by atoms with Crippen molar-refractivity contribution in [3.05, 3.63) is 41.8 Å². The zero-order chi connectivity index (χ0) is 15.5. The third-order valence-corrected chi connectivity index (χ3v) is 4.13. The fourth-order valence-electron chi connectivity index (χ4n) is 2.92.